The van der Waals surface area contributed by atoms with Crippen LogP contribution in [0.5, 0.6) is 0 Å². The van der Waals surface area contributed by atoms with Gasteiger partial charge in [-0.25, -0.2) is 0 Å². The lowest BCUT2D eigenvalue weighted by atomic mass is 9.78. The van der Waals surface area contributed by atoms with Gasteiger partial charge in [0.15, 0.2) is 0 Å². The molecule has 1 heterocycles. The summed E-state index contributed by atoms with van der Waals surface area (Å²) in [5, 5.41) is 0. The van der Waals surface area contributed by atoms with E-state index in [9.17, 15) is 0 Å². The normalized spacial score (nSPS) is 26.6. The van der Waals surface area contributed by atoms with Crippen LogP contribution in [0.2, 0.25) is 0 Å². The van der Waals surface area contributed by atoms with Crippen molar-refractivity contribution < 1.29 is 0 Å². The van der Waals surface area contributed by atoms with Crippen molar-refractivity contribution in [3.8, 4) is 0 Å². The van der Waals surface area contributed by atoms with Crippen LogP contribution in [0.3, 0.4) is 0 Å². The van der Waals surface area contributed by atoms with Crippen molar-refractivity contribution in [1.82, 2.24) is 9.80 Å². The lowest BCUT2D eigenvalue weighted by molar-refractivity contribution is -0.0159. The zero-order chi connectivity index (χ0) is 10.7. The summed E-state index contributed by atoms with van der Waals surface area (Å²) < 4.78 is 0. The molecule has 1 aliphatic carbocycles. The summed E-state index contributed by atoms with van der Waals surface area (Å²) in [7, 11) is 2.26. The van der Waals surface area contributed by atoms with Crippen molar-refractivity contribution >= 4 is 12.4 Å². The monoisotopic (exact) mass is 247 g/mol. The second-order valence-corrected chi connectivity index (χ2v) is 5.30. The van der Waals surface area contributed by atoms with Crippen molar-refractivity contribution in [3.63, 3.8) is 0 Å². The first-order valence-corrected chi connectivity index (χ1v) is 6.40. The van der Waals surface area contributed by atoms with Gasteiger partial charge in [0.25, 0.3) is 0 Å². The van der Waals surface area contributed by atoms with E-state index in [1.807, 2.05) is 0 Å². The fourth-order valence-electron chi connectivity index (χ4n) is 3.40. The molecule has 1 spiro atoms. The second-order valence-electron chi connectivity index (χ2n) is 5.30. The lowest BCUT2D eigenvalue weighted by Crippen LogP contribution is -2.62. The van der Waals surface area contributed by atoms with E-state index in [0.29, 0.717) is 5.54 Å². The Bertz CT molecular complexity index is 204. The highest BCUT2D eigenvalue weighted by Gasteiger charge is 2.40. The number of likely N-dealkylation sites (N-methyl/N-ethyl adjacent to an activating group) is 1. The molecule has 96 valence electrons. The van der Waals surface area contributed by atoms with Crippen LogP contribution in [0.15, 0.2) is 0 Å². The standard InChI is InChI=1S/C12H25N3.ClH/c1-14-9-10-15(8-7-13)12(11-14)5-3-2-4-6-12;/h2-11,13H2,1H3;1H. The van der Waals surface area contributed by atoms with E-state index in [-0.39, 0.29) is 12.4 Å². The Hall–Kier alpha value is 0.170. The Kier molecular flexibility index (Phi) is 5.51. The second kappa shape index (κ2) is 6.20. The molecule has 0 aromatic heterocycles. The number of piperazine rings is 1. The summed E-state index contributed by atoms with van der Waals surface area (Å²) in [5.74, 6) is 0. The van der Waals surface area contributed by atoms with Crippen molar-refractivity contribution in [2.45, 2.75) is 37.6 Å². The largest absolute Gasteiger partial charge is 0.329 e. The Morgan fingerprint density at radius 2 is 1.81 bits per heavy atom. The van der Waals surface area contributed by atoms with Crippen molar-refractivity contribution in [1.29, 1.82) is 0 Å². The Morgan fingerprint density at radius 1 is 1.12 bits per heavy atom. The predicted molar refractivity (Wildman–Crippen MR) is 71.2 cm³/mol. The van der Waals surface area contributed by atoms with Crippen LogP contribution in [0, 0.1) is 0 Å². The summed E-state index contributed by atoms with van der Waals surface area (Å²) in [6.45, 7) is 5.59. The van der Waals surface area contributed by atoms with E-state index in [4.69, 9.17) is 5.73 Å². The molecule has 2 aliphatic rings. The zero-order valence-corrected chi connectivity index (χ0v) is 11.3. The topological polar surface area (TPSA) is 32.5 Å². The first kappa shape index (κ1) is 14.2. The van der Waals surface area contributed by atoms with Gasteiger partial charge in [-0.3, -0.25) is 4.90 Å². The minimum absolute atomic E-state index is 0. The maximum Gasteiger partial charge on any atom is 0.0337 e. The van der Waals surface area contributed by atoms with Crippen LogP contribution in [-0.2, 0) is 0 Å². The molecule has 2 rings (SSSR count). The third-order valence-electron chi connectivity index (χ3n) is 4.17. The SMILES string of the molecule is CN1CCN(CCN)C2(CCCCC2)C1.Cl. The van der Waals surface area contributed by atoms with Gasteiger partial charge in [-0.15, -0.1) is 12.4 Å². The number of rotatable bonds is 2. The average molecular weight is 248 g/mol. The van der Waals surface area contributed by atoms with Crippen molar-refractivity contribution in [3.05, 3.63) is 0 Å². The van der Waals surface area contributed by atoms with Gasteiger partial charge in [0.2, 0.25) is 0 Å². The number of nitrogens with two attached hydrogens (primary N) is 1. The molecule has 0 aromatic carbocycles. The zero-order valence-electron chi connectivity index (χ0n) is 10.5. The summed E-state index contributed by atoms with van der Waals surface area (Å²) in [5.41, 5.74) is 6.21. The van der Waals surface area contributed by atoms with Crippen LogP contribution in [-0.4, -0.2) is 55.1 Å². The fourth-order valence-corrected chi connectivity index (χ4v) is 3.40. The van der Waals surface area contributed by atoms with Gasteiger partial charge in [0.1, 0.15) is 0 Å². The van der Waals surface area contributed by atoms with Crippen LogP contribution in [0.25, 0.3) is 0 Å². The number of nitrogens with zero attached hydrogens (tertiary/aromatic N) is 2. The summed E-state index contributed by atoms with van der Waals surface area (Å²) in [6, 6.07) is 0. The molecule has 0 bridgehead atoms. The molecule has 0 unspecified atom stereocenters. The number of hydrogen-bond donors (Lipinski definition) is 1. The molecule has 16 heavy (non-hydrogen) atoms. The molecule has 0 aromatic rings. The van der Waals surface area contributed by atoms with E-state index in [1.165, 1.54) is 51.7 Å². The van der Waals surface area contributed by atoms with E-state index >= 15 is 0 Å². The Balaban J connectivity index is 0.00000128. The average Bonchev–Trinajstić information content (AvgIpc) is 2.24. The molecule has 3 nitrogen and oxygen atoms in total. The summed E-state index contributed by atoms with van der Waals surface area (Å²) in [4.78, 5) is 5.17. The van der Waals surface area contributed by atoms with Crippen molar-refractivity contribution in [2.24, 2.45) is 5.73 Å². The quantitative estimate of drug-likeness (QED) is 0.799. The Morgan fingerprint density at radius 3 is 2.44 bits per heavy atom. The molecule has 0 radical (unpaired) electrons. The minimum atomic E-state index is 0. The lowest BCUT2D eigenvalue weighted by Gasteiger charge is -2.52. The molecule has 1 saturated carbocycles. The van der Waals surface area contributed by atoms with Crippen LogP contribution >= 0.6 is 12.4 Å². The molecule has 4 heteroatoms. The molecular formula is C12H26ClN3. The third kappa shape index (κ3) is 2.89. The first-order chi connectivity index (χ1) is 7.27. The number of hydrogen-bond acceptors (Lipinski definition) is 3. The van der Waals surface area contributed by atoms with Gasteiger partial charge < -0.3 is 10.6 Å². The highest BCUT2D eigenvalue weighted by Crippen LogP contribution is 2.35. The molecule has 2 N–H and O–H groups in total. The van der Waals surface area contributed by atoms with Crippen molar-refractivity contribution in [2.75, 3.05) is 39.8 Å². The summed E-state index contributed by atoms with van der Waals surface area (Å²) in [6.07, 6.45) is 7.03. The minimum Gasteiger partial charge on any atom is -0.329 e. The fraction of sp³-hybridized carbons (Fsp3) is 1.00. The molecule has 1 saturated heterocycles. The molecule has 0 amide bonds. The maximum absolute atomic E-state index is 5.73. The van der Waals surface area contributed by atoms with Gasteiger partial charge >= 0.3 is 0 Å². The molecular weight excluding hydrogens is 222 g/mol. The van der Waals surface area contributed by atoms with Gasteiger partial charge in [-0.2, -0.15) is 0 Å². The van der Waals surface area contributed by atoms with Crippen LogP contribution in [0.1, 0.15) is 32.1 Å². The van der Waals surface area contributed by atoms with E-state index < -0.39 is 0 Å². The van der Waals surface area contributed by atoms with E-state index in [1.54, 1.807) is 0 Å². The van der Waals surface area contributed by atoms with Gasteiger partial charge in [-0.05, 0) is 19.9 Å². The maximum atomic E-state index is 5.73. The van der Waals surface area contributed by atoms with E-state index in [0.717, 1.165) is 13.1 Å². The number of halogens is 1. The highest BCUT2D eigenvalue weighted by atomic mass is 35.5. The molecule has 0 atom stereocenters. The first-order valence-electron chi connectivity index (χ1n) is 6.40. The highest BCUT2D eigenvalue weighted by molar-refractivity contribution is 5.85. The van der Waals surface area contributed by atoms with Gasteiger partial charge in [0, 0.05) is 38.3 Å². The van der Waals surface area contributed by atoms with Gasteiger partial charge in [0.05, 0.1) is 0 Å². The molecule has 2 fully saturated rings. The smallest absolute Gasteiger partial charge is 0.0337 e. The third-order valence-corrected chi connectivity index (χ3v) is 4.17. The van der Waals surface area contributed by atoms with E-state index in [2.05, 4.69) is 16.8 Å². The van der Waals surface area contributed by atoms with Crippen LogP contribution < -0.4 is 5.73 Å². The van der Waals surface area contributed by atoms with Crippen LogP contribution in [0.4, 0.5) is 0 Å². The Labute approximate surface area is 106 Å². The predicted octanol–water partition coefficient (Wildman–Crippen LogP) is 1.32. The summed E-state index contributed by atoms with van der Waals surface area (Å²) >= 11 is 0. The van der Waals surface area contributed by atoms with Gasteiger partial charge in [-0.1, -0.05) is 19.3 Å². The molecule has 1 aliphatic heterocycles.